The van der Waals surface area contributed by atoms with Crippen LogP contribution < -0.4 is 15.2 Å². The third-order valence-electron chi connectivity index (χ3n) is 3.62. The van der Waals surface area contributed by atoms with Gasteiger partial charge in [0.1, 0.15) is 0 Å². The van der Waals surface area contributed by atoms with Crippen LogP contribution in [0.5, 0.6) is 11.5 Å². The van der Waals surface area contributed by atoms with E-state index in [1.54, 1.807) is 0 Å². The highest BCUT2D eigenvalue weighted by Gasteiger charge is 2.18. The lowest BCUT2D eigenvalue weighted by Crippen LogP contribution is -2.23. The largest absolute Gasteiger partial charge is 0.490 e. The van der Waals surface area contributed by atoms with Crippen LogP contribution in [-0.2, 0) is 0 Å². The highest BCUT2D eigenvalue weighted by Crippen LogP contribution is 2.34. The third-order valence-corrected chi connectivity index (χ3v) is 3.99. The van der Waals surface area contributed by atoms with Gasteiger partial charge in [0.2, 0.25) is 0 Å². The normalized spacial score (nSPS) is 13.5. The second-order valence-corrected chi connectivity index (χ2v) is 5.85. The van der Waals surface area contributed by atoms with E-state index in [2.05, 4.69) is 39.8 Å². The monoisotopic (exact) mass is 309 g/mol. The first-order chi connectivity index (χ1) is 10.0. The molecule has 1 aromatic carbocycles. The van der Waals surface area contributed by atoms with Crippen molar-refractivity contribution in [2.75, 3.05) is 13.2 Å². The van der Waals surface area contributed by atoms with Crippen molar-refractivity contribution >= 4 is 17.2 Å². The smallest absolute Gasteiger partial charge is 0.161 e. The summed E-state index contributed by atoms with van der Waals surface area (Å²) in [7, 11) is 0. The van der Waals surface area contributed by atoms with E-state index in [1.165, 1.54) is 5.56 Å². The lowest BCUT2D eigenvalue weighted by atomic mass is 9.89. The number of hydrogen-bond donors (Lipinski definition) is 1. The van der Waals surface area contributed by atoms with Crippen molar-refractivity contribution < 1.29 is 9.47 Å². The van der Waals surface area contributed by atoms with Crippen LogP contribution in [0.3, 0.4) is 0 Å². The minimum Gasteiger partial charge on any atom is -0.490 e. The average molecular weight is 309 g/mol. The molecule has 0 saturated carbocycles. The van der Waals surface area contributed by atoms with Gasteiger partial charge >= 0.3 is 0 Å². The van der Waals surface area contributed by atoms with Crippen LogP contribution in [-0.4, -0.2) is 18.2 Å². The van der Waals surface area contributed by atoms with Crippen LogP contribution in [0, 0.1) is 5.92 Å². The van der Waals surface area contributed by atoms with Crippen molar-refractivity contribution in [2.45, 2.75) is 46.5 Å². The number of hydrogen-bond acceptors (Lipinski definition) is 3. The number of benzene rings is 1. The van der Waals surface area contributed by atoms with Gasteiger partial charge in [0.15, 0.2) is 11.5 Å². The van der Waals surface area contributed by atoms with Gasteiger partial charge in [-0.1, -0.05) is 46.0 Å². The summed E-state index contributed by atoms with van der Waals surface area (Å²) >= 11 is 5.10. The summed E-state index contributed by atoms with van der Waals surface area (Å²) in [6, 6.07) is 6.11. The predicted octanol–water partition coefficient (Wildman–Crippen LogP) is 4.29. The van der Waals surface area contributed by atoms with E-state index >= 15 is 0 Å². The first kappa shape index (κ1) is 17.8. The van der Waals surface area contributed by atoms with Gasteiger partial charge in [-0.05, 0) is 36.5 Å². The summed E-state index contributed by atoms with van der Waals surface area (Å²) in [6.07, 6.45) is 1.94. The van der Waals surface area contributed by atoms with Crippen molar-refractivity contribution in [3.63, 3.8) is 0 Å². The van der Waals surface area contributed by atoms with Gasteiger partial charge < -0.3 is 15.2 Å². The molecule has 0 aliphatic heterocycles. The molecule has 2 N–H and O–H groups in total. The minimum absolute atomic E-state index is 0.154. The van der Waals surface area contributed by atoms with Gasteiger partial charge in [-0.15, -0.1) is 0 Å². The average Bonchev–Trinajstić information content (AvgIpc) is 2.49. The Morgan fingerprint density at radius 2 is 1.67 bits per heavy atom. The molecule has 0 radical (unpaired) electrons. The van der Waals surface area contributed by atoms with E-state index < -0.39 is 0 Å². The molecule has 0 aromatic heterocycles. The van der Waals surface area contributed by atoms with Crippen molar-refractivity contribution in [1.29, 1.82) is 0 Å². The quantitative estimate of drug-likeness (QED) is 0.691. The minimum atomic E-state index is 0.154. The molecule has 1 rings (SSSR count). The molecule has 118 valence electrons. The van der Waals surface area contributed by atoms with Gasteiger partial charge in [-0.25, -0.2) is 0 Å². The molecule has 0 fully saturated rings. The molecule has 2 atom stereocenters. The zero-order chi connectivity index (χ0) is 15.8. The van der Waals surface area contributed by atoms with Gasteiger partial charge in [0.25, 0.3) is 0 Å². The number of nitrogens with two attached hydrogens (primary N) is 1. The lowest BCUT2D eigenvalue weighted by Gasteiger charge is -2.21. The Balaban J connectivity index is 2.99. The van der Waals surface area contributed by atoms with Crippen molar-refractivity contribution in [1.82, 2.24) is 0 Å². The maximum absolute atomic E-state index is 5.83. The van der Waals surface area contributed by atoms with Gasteiger partial charge in [-0.2, -0.15) is 0 Å². The van der Waals surface area contributed by atoms with Gasteiger partial charge in [0, 0.05) is 5.92 Å². The molecular formula is C17H27NO2S. The summed E-state index contributed by atoms with van der Waals surface area (Å²) in [5, 5.41) is 0. The highest BCUT2D eigenvalue weighted by molar-refractivity contribution is 7.80. The molecule has 21 heavy (non-hydrogen) atoms. The maximum atomic E-state index is 5.83. The molecular weight excluding hydrogens is 282 g/mol. The molecule has 0 heterocycles. The first-order valence-corrected chi connectivity index (χ1v) is 8.10. The van der Waals surface area contributed by atoms with Gasteiger partial charge in [0.05, 0.1) is 18.2 Å². The Hall–Kier alpha value is -1.29. The standard InChI is InChI=1S/C17H27NO2S/c1-5-9-19-15-8-7-14(11-16(15)20-10-6-2)12(3)13(4)17(18)21/h7-8,11-13H,5-6,9-10H2,1-4H3,(H2,18,21). The summed E-state index contributed by atoms with van der Waals surface area (Å²) < 4.78 is 11.6. The van der Waals surface area contributed by atoms with Crippen LogP contribution >= 0.6 is 12.2 Å². The summed E-state index contributed by atoms with van der Waals surface area (Å²) in [5.41, 5.74) is 6.94. The van der Waals surface area contributed by atoms with E-state index in [0.29, 0.717) is 18.2 Å². The summed E-state index contributed by atoms with van der Waals surface area (Å²) in [5.74, 6) is 2.03. The topological polar surface area (TPSA) is 44.5 Å². The fourth-order valence-electron chi connectivity index (χ4n) is 2.00. The van der Waals surface area contributed by atoms with Crippen molar-refractivity contribution in [3.8, 4) is 11.5 Å². The number of thiocarbonyl (C=S) groups is 1. The number of rotatable bonds is 9. The Morgan fingerprint density at radius 3 is 2.19 bits per heavy atom. The van der Waals surface area contributed by atoms with Crippen molar-refractivity contribution in [2.24, 2.45) is 11.7 Å². The summed E-state index contributed by atoms with van der Waals surface area (Å²) in [4.78, 5) is 0.546. The van der Waals surface area contributed by atoms with Crippen LogP contribution in [0.4, 0.5) is 0 Å². The van der Waals surface area contributed by atoms with Crippen molar-refractivity contribution in [3.05, 3.63) is 23.8 Å². The number of ether oxygens (including phenoxy) is 2. The van der Waals surface area contributed by atoms with E-state index in [-0.39, 0.29) is 11.8 Å². The van der Waals surface area contributed by atoms with E-state index in [4.69, 9.17) is 27.4 Å². The molecule has 0 bridgehead atoms. The zero-order valence-corrected chi connectivity index (χ0v) is 14.3. The zero-order valence-electron chi connectivity index (χ0n) is 13.5. The molecule has 0 saturated heterocycles. The lowest BCUT2D eigenvalue weighted by molar-refractivity contribution is 0.268. The molecule has 4 heteroatoms. The van der Waals surface area contributed by atoms with Crippen LogP contribution in [0.25, 0.3) is 0 Å². The first-order valence-electron chi connectivity index (χ1n) is 7.70. The Morgan fingerprint density at radius 1 is 1.10 bits per heavy atom. The maximum Gasteiger partial charge on any atom is 0.161 e. The van der Waals surface area contributed by atoms with Crippen LogP contribution in [0.1, 0.15) is 52.0 Å². The Kier molecular flexibility index (Phi) is 7.51. The molecule has 2 unspecified atom stereocenters. The summed E-state index contributed by atoms with van der Waals surface area (Å²) in [6.45, 7) is 9.75. The van der Waals surface area contributed by atoms with Crippen LogP contribution in [0.15, 0.2) is 18.2 Å². The Bertz CT molecular complexity index is 462. The third kappa shape index (κ3) is 5.20. The molecule has 3 nitrogen and oxygen atoms in total. The molecule has 0 spiro atoms. The van der Waals surface area contributed by atoms with E-state index in [9.17, 15) is 0 Å². The molecule has 0 aliphatic rings. The van der Waals surface area contributed by atoms with Crippen LogP contribution in [0.2, 0.25) is 0 Å². The molecule has 0 amide bonds. The fourth-order valence-corrected chi connectivity index (χ4v) is 2.20. The molecule has 1 aromatic rings. The van der Waals surface area contributed by atoms with E-state index in [0.717, 1.165) is 24.3 Å². The van der Waals surface area contributed by atoms with E-state index in [1.807, 2.05) is 6.07 Å². The Labute approximate surface area is 133 Å². The van der Waals surface area contributed by atoms with Gasteiger partial charge in [-0.3, -0.25) is 0 Å². The fraction of sp³-hybridized carbons (Fsp3) is 0.588. The second-order valence-electron chi connectivity index (χ2n) is 5.38. The predicted molar refractivity (Wildman–Crippen MR) is 92.4 cm³/mol. The second kappa shape index (κ2) is 8.88. The SMILES string of the molecule is CCCOc1ccc(C(C)C(C)C(N)=S)cc1OCCC. The highest BCUT2D eigenvalue weighted by atomic mass is 32.1. The molecule has 0 aliphatic carbocycles.